The van der Waals surface area contributed by atoms with Gasteiger partial charge in [0.05, 0.1) is 11.3 Å². The fourth-order valence-electron chi connectivity index (χ4n) is 4.82. The first-order valence-corrected chi connectivity index (χ1v) is 14.4. The summed E-state index contributed by atoms with van der Waals surface area (Å²) >= 11 is 0. The van der Waals surface area contributed by atoms with Crippen LogP contribution in [0, 0.1) is 17.8 Å². The number of benzene rings is 2. The molecule has 0 aromatic heterocycles. The van der Waals surface area contributed by atoms with E-state index in [1.165, 1.54) is 25.7 Å². The molecule has 1 N–H and O–H groups in total. The molecule has 0 radical (unpaired) electrons. The fraction of sp³-hybridized carbons (Fsp3) is 0.500. The van der Waals surface area contributed by atoms with Gasteiger partial charge in [0, 0.05) is 18.0 Å². The molecule has 2 aromatic carbocycles. The van der Waals surface area contributed by atoms with Crippen LogP contribution in [0.4, 0.5) is 0 Å². The van der Waals surface area contributed by atoms with Crippen LogP contribution in [0.5, 0.6) is 0 Å². The summed E-state index contributed by atoms with van der Waals surface area (Å²) < 4.78 is 28.1. The monoisotopic (exact) mass is 508 g/mol. The van der Waals surface area contributed by atoms with E-state index in [0.29, 0.717) is 12.5 Å². The second kappa shape index (κ2) is 12.1. The molecular formula is C30H40N2O3S. The zero-order valence-corrected chi connectivity index (χ0v) is 23.3. The quantitative estimate of drug-likeness (QED) is 0.473. The maximum Gasteiger partial charge on any atom is 0.264 e. The van der Waals surface area contributed by atoms with Gasteiger partial charge in [-0.05, 0) is 85.3 Å². The fourth-order valence-corrected chi connectivity index (χ4v) is 5.81. The molecule has 36 heavy (non-hydrogen) atoms. The standard InChI is InChI=1S/C30H40N2O3S/c1-21(2)27-17-25(12-11-23-9-7-8-10-23)18-28(22(3)4)29(27)19-30(33)31-36(34,35)26-15-13-24(14-16-26)20-32(5)6/h13-18,21-23H,7-10,19-20H2,1-6H3,(H,31,33). The summed E-state index contributed by atoms with van der Waals surface area (Å²) in [4.78, 5) is 15.1. The first-order chi connectivity index (χ1) is 17.0. The van der Waals surface area contributed by atoms with Gasteiger partial charge in [0.2, 0.25) is 5.91 Å². The summed E-state index contributed by atoms with van der Waals surface area (Å²) in [5.74, 6) is 7.13. The maximum absolute atomic E-state index is 13.0. The van der Waals surface area contributed by atoms with E-state index in [-0.39, 0.29) is 23.2 Å². The molecule has 5 nitrogen and oxygen atoms in total. The zero-order chi connectivity index (χ0) is 26.5. The average Bonchev–Trinajstić information content (AvgIpc) is 3.31. The van der Waals surface area contributed by atoms with E-state index in [9.17, 15) is 13.2 Å². The number of carbonyl (C=O) groups excluding carboxylic acids is 1. The molecule has 194 valence electrons. The van der Waals surface area contributed by atoms with Crippen molar-refractivity contribution in [2.45, 2.75) is 83.1 Å². The summed E-state index contributed by atoms with van der Waals surface area (Å²) in [5.41, 5.74) is 4.99. The lowest BCUT2D eigenvalue weighted by molar-refractivity contribution is -0.118. The van der Waals surface area contributed by atoms with E-state index in [1.54, 1.807) is 24.3 Å². The highest BCUT2D eigenvalue weighted by Crippen LogP contribution is 2.30. The summed E-state index contributed by atoms with van der Waals surface area (Å²) in [6.45, 7) is 9.11. The van der Waals surface area contributed by atoms with Crippen LogP contribution < -0.4 is 4.72 Å². The highest BCUT2D eigenvalue weighted by atomic mass is 32.2. The molecule has 2 aromatic rings. The minimum atomic E-state index is -3.95. The Labute approximate surface area is 217 Å². The summed E-state index contributed by atoms with van der Waals surface area (Å²) in [6.07, 6.45) is 4.86. The Morgan fingerprint density at radius 2 is 1.56 bits per heavy atom. The third-order valence-electron chi connectivity index (χ3n) is 6.66. The number of carbonyl (C=O) groups is 1. The second-order valence-corrected chi connectivity index (χ2v) is 12.5. The van der Waals surface area contributed by atoms with E-state index >= 15 is 0 Å². The van der Waals surface area contributed by atoms with E-state index < -0.39 is 15.9 Å². The van der Waals surface area contributed by atoms with Gasteiger partial charge < -0.3 is 4.90 Å². The molecule has 1 fully saturated rings. The van der Waals surface area contributed by atoms with Crippen LogP contribution in [0.3, 0.4) is 0 Å². The molecule has 1 aliphatic rings. The second-order valence-electron chi connectivity index (χ2n) is 10.8. The molecule has 0 spiro atoms. The van der Waals surface area contributed by atoms with Crippen molar-refractivity contribution in [3.63, 3.8) is 0 Å². The van der Waals surface area contributed by atoms with Crippen molar-refractivity contribution in [2.24, 2.45) is 5.92 Å². The third kappa shape index (κ3) is 7.44. The van der Waals surface area contributed by atoms with Crippen LogP contribution in [-0.2, 0) is 27.8 Å². The molecule has 1 amide bonds. The van der Waals surface area contributed by atoms with E-state index in [2.05, 4.69) is 56.4 Å². The zero-order valence-electron chi connectivity index (χ0n) is 22.5. The maximum atomic E-state index is 13.0. The van der Waals surface area contributed by atoms with Crippen molar-refractivity contribution in [1.29, 1.82) is 0 Å². The van der Waals surface area contributed by atoms with Gasteiger partial charge in [-0.25, -0.2) is 13.1 Å². The van der Waals surface area contributed by atoms with Gasteiger partial charge in [0.1, 0.15) is 0 Å². The predicted molar refractivity (Wildman–Crippen MR) is 146 cm³/mol. The lowest BCUT2D eigenvalue weighted by Crippen LogP contribution is -2.32. The minimum Gasteiger partial charge on any atom is -0.305 e. The van der Waals surface area contributed by atoms with Gasteiger partial charge in [-0.15, -0.1) is 0 Å². The van der Waals surface area contributed by atoms with Gasteiger partial charge in [-0.3, -0.25) is 4.79 Å². The number of nitrogens with one attached hydrogen (secondary N) is 1. The average molecular weight is 509 g/mol. The molecule has 1 aliphatic carbocycles. The van der Waals surface area contributed by atoms with Gasteiger partial charge in [0.25, 0.3) is 10.0 Å². The van der Waals surface area contributed by atoms with Crippen molar-refractivity contribution in [1.82, 2.24) is 9.62 Å². The Hall–Kier alpha value is -2.62. The Morgan fingerprint density at radius 1 is 1.00 bits per heavy atom. The van der Waals surface area contributed by atoms with E-state index in [0.717, 1.165) is 27.8 Å². The first-order valence-electron chi connectivity index (χ1n) is 12.9. The van der Waals surface area contributed by atoms with Crippen LogP contribution in [0.2, 0.25) is 0 Å². The molecule has 0 bridgehead atoms. The van der Waals surface area contributed by atoms with Gasteiger partial charge in [0.15, 0.2) is 0 Å². The van der Waals surface area contributed by atoms with Crippen LogP contribution >= 0.6 is 0 Å². The van der Waals surface area contributed by atoms with Crippen molar-refractivity contribution in [2.75, 3.05) is 14.1 Å². The normalized spacial score (nSPS) is 14.4. The number of hydrogen-bond acceptors (Lipinski definition) is 4. The summed E-state index contributed by atoms with van der Waals surface area (Å²) in [7, 11) is -0.0432. The third-order valence-corrected chi connectivity index (χ3v) is 8.05. The first kappa shape index (κ1) is 28.0. The van der Waals surface area contributed by atoms with Crippen LogP contribution in [0.15, 0.2) is 41.3 Å². The smallest absolute Gasteiger partial charge is 0.264 e. The molecule has 0 unspecified atom stereocenters. The number of amides is 1. The van der Waals surface area contributed by atoms with Crippen molar-refractivity contribution in [3.8, 4) is 11.8 Å². The molecule has 0 heterocycles. The molecule has 6 heteroatoms. The SMILES string of the molecule is CC(C)c1cc(C#CC2CCCC2)cc(C(C)C)c1CC(=O)NS(=O)(=O)c1ccc(CN(C)C)cc1. The van der Waals surface area contributed by atoms with Crippen LogP contribution in [0.25, 0.3) is 0 Å². The Balaban J connectivity index is 1.85. The Bertz CT molecular complexity index is 1200. The molecule has 0 aliphatic heterocycles. The number of rotatable bonds is 8. The minimum absolute atomic E-state index is 0.00923. The van der Waals surface area contributed by atoms with Crippen molar-refractivity contribution < 1.29 is 13.2 Å². The molecule has 0 atom stereocenters. The van der Waals surface area contributed by atoms with Crippen molar-refractivity contribution >= 4 is 15.9 Å². The molecular weight excluding hydrogens is 468 g/mol. The van der Waals surface area contributed by atoms with Gasteiger partial charge >= 0.3 is 0 Å². The Kier molecular flexibility index (Phi) is 9.38. The lowest BCUT2D eigenvalue weighted by Gasteiger charge is -2.20. The number of sulfonamides is 1. The highest BCUT2D eigenvalue weighted by Gasteiger charge is 2.22. The number of hydrogen-bond donors (Lipinski definition) is 1. The Morgan fingerprint density at radius 3 is 2.06 bits per heavy atom. The van der Waals surface area contributed by atoms with Crippen LogP contribution in [-0.4, -0.2) is 33.3 Å². The largest absolute Gasteiger partial charge is 0.305 e. The molecule has 1 saturated carbocycles. The van der Waals surface area contributed by atoms with E-state index in [1.807, 2.05) is 19.0 Å². The van der Waals surface area contributed by atoms with Crippen molar-refractivity contribution in [3.05, 3.63) is 64.2 Å². The highest BCUT2D eigenvalue weighted by molar-refractivity contribution is 7.90. The van der Waals surface area contributed by atoms with Crippen LogP contribution in [0.1, 0.15) is 93.0 Å². The van der Waals surface area contributed by atoms with Gasteiger partial charge in [-0.2, -0.15) is 0 Å². The predicted octanol–water partition coefficient (Wildman–Crippen LogP) is 5.58. The van der Waals surface area contributed by atoms with E-state index in [4.69, 9.17) is 0 Å². The molecule has 0 saturated heterocycles. The summed E-state index contributed by atoms with van der Waals surface area (Å²) in [6, 6.07) is 10.8. The topological polar surface area (TPSA) is 66.5 Å². The van der Waals surface area contributed by atoms with Gasteiger partial charge in [-0.1, -0.05) is 64.5 Å². The number of nitrogens with zero attached hydrogens (tertiary/aromatic N) is 1. The molecule has 3 rings (SSSR count). The lowest BCUT2D eigenvalue weighted by atomic mass is 9.85. The summed E-state index contributed by atoms with van der Waals surface area (Å²) in [5, 5.41) is 0.